The number of imide groups is 1. The second-order valence-electron chi connectivity index (χ2n) is 13.2. The minimum Gasteiger partial charge on any atom is -0.490 e. The highest BCUT2D eigenvalue weighted by Crippen LogP contribution is 2.40. The number of carbonyl (C=O) groups is 2. The van der Waals surface area contributed by atoms with Crippen molar-refractivity contribution in [3.8, 4) is 17.1 Å². The van der Waals surface area contributed by atoms with Crippen LogP contribution in [0, 0.1) is 0 Å². The van der Waals surface area contributed by atoms with Crippen LogP contribution in [0.2, 0.25) is 0 Å². The fourth-order valence-electron chi connectivity index (χ4n) is 7.68. The van der Waals surface area contributed by atoms with Gasteiger partial charge in [-0.15, -0.1) is 0 Å². The van der Waals surface area contributed by atoms with Crippen molar-refractivity contribution in [2.24, 2.45) is 0 Å². The van der Waals surface area contributed by atoms with E-state index in [4.69, 9.17) is 4.74 Å². The summed E-state index contributed by atoms with van der Waals surface area (Å²) in [6, 6.07) is 9.08. The topological polar surface area (TPSA) is 147 Å². The molecule has 12 nitrogen and oxygen atoms in total. The first-order chi connectivity index (χ1) is 22.9. The lowest BCUT2D eigenvalue weighted by molar-refractivity contribution is 0.0516. The predicted octanol–water partition coefficient (Wildman–Crippen LogP) is 3.16. The Morgan fingerprint density at radius 3 is 2.60 bits per heavy atom. The Morgan fingerprint density at radius 1 is 1.02 bits per heavy atom. The lowest BCUT2D eigenvalue weighted by Crippen LogP contribution is -2.46. The summed E-state index contributed by atoms with van der Waals surface area (Å²) in [6.07, 6.45) is 6.53. The number of H-pyrrole nitrogens is 2. The number of hydrogen-bond donors (Lipinski definition) is 4. The van der Waals surface area contributed by atoms with E-state index in [9.17, 15) is 19.5 Å². The summed E-state index contributed by atoms with van der Waals surface area (Å²) in [4.78, 5) is 56.5. The number of aliphatic hydroxyl groups is 1. The van der Waals surface area contributed by atoms with E-state index in [1.165, 1.54) is 34.3 Å². The second kappa shape index (κ2) is 11.8. The van der Waals surface area contributed by atoms with E-state index >= 15 is 0 Å². The fourth-order valence-corrected chi connectivity index (χ4v) is 7.68. The number of hydrogen-bond acceptors (Lipinski definition) is 9. The second-order valence-corrected chi connectivity index (χ2v) is 13.2. The van der Waals surface area contributed by atoms with Crippen LogP contribution in [0.5, 0.6) is 5.75 Å². The van der Waals surface area contributed by atoms with Gasteiger partial charge in [0.05, 0.1) is 27.8 Å². The smallest absolute Gasteiger partial charge is 0.261 e. The van der Waals surface area contributed by atoms with Crippen LogP contribution in [0.1, 0.15) is 57.5 Å². The highest BCUT2D eigenvalue weighted by atomic mass is 16.5. The van der Waals surface area contributed by atoms with Gasteiger partial charge in [0.25, 0.3) is 17.4 Å². The van der Waals surface area contributed by atoms with Gasteiger partial charge in [0.2, 0.25) is 0 Å². The minimum atomic E-state index is -0.840. The molecular weight excluding hydrogens is 598 g/mol. The largest absolute Gasteiger partial charge is 0.490 e. The lowest BCUT2D eigenvalue weighted by atomic mass is 9.91. The number of imidazole rings is 1. The number of anilines is 2. The van der Waals surface area contributed by atoms with Gasteiger partial charge in [0.1, 0.15) is 29.8 Å². The third-order valence-electron chi connectivity index (χ3n) is 10.1. The van der Waals surface area contributed by atoms with Crippen LogP contribution in [0.3, 0.4) is 0 Å². The summed E-state index contributed by atoms with van der Waals surface area (Å²) < 4.78 is 6.15. The Labute approximate surface area is 271 Å². The zero-order valence-electron chi connectivity index (χ0n) is 26.5. The monoisotopic (exact) mass is 637 g/mol. The number of aromatic nitrogens is 3. The zero-order valence-corrected chi connectivity index (χ0v) is 26.5. The van der Waals surface area contributed by atoms with Crippen LogP contribution in [0.15, 0.2) is 41.3 Å². The molecule has 1 fully saturated rings. The third kappa shape index (κ3) is 5.25. The first-order valence-corrected chi connectivity index (χ1v) is 16.6. The molecule has 6 heterocycles. The van der Waals surface area contributed by atoms with Gasteiger partial charge in [-0.05, 0) is 88.5 Å². The first-order valence-electron chi connectivity index (χ1n) is 16.6. The zero-order chi connectivity index (χ0) is 32.2. The molecular formula is C35H39N7O5. The number of ether oxygens (including phenoxy) is 1. The quantitative estimate of drug-likeness (QED) is 0.214. The molecule has 4 aromatic rings. The van der Waals surface area contributed by atoms with Crippen molar-refractivity contribution in [2.45, 2.75) is 50.7 Å². The fraction of sp³-hybridized carbons (Fsp3) is 0.429. The van der Waals surface area contributed by atoms with Crippen molar-refractivity contribution in [1.29, 1.82) is 0 Å². The first kappa shape index (κ1) is 29.7. The Bertz CT molecular complexity index is 1890. The molecule has 0 unspecified atom stereocenters. The Morgan fingerprint density at radius 2 is 1.79 bits per heavy atom. The number of likely N-dealkylation sites (tertiary alicyclic amines) is 1. The molecule has 2 aromatic heterocycles. The van der Waals surface area contributed by atoms with E-state index in [0.29, 0.717) is 33.7 Å². The molecule has 0 radical (unpaired) electrons. The average Bonchev–Trinajstić information content (AvgIpc) is 3.60. The molecule has 4 aliphatic rings. The van der Waals surface area contributed by atoms with Crippen LogP contribution in [0.25, 0.3) is 22.4 Å². The molecule has 4 N–H and O–H groups in total. The third-order valence-corrected chi connectivity index (χ3v) is 10.1. The van der Waals surface area contributed by atoms with Gasteiger partial charge in [0, 0.05) is 43.1 Å². The minimum absolute atomic E-state index is 0.101. The molecule has 2 aromatic carbocycles. The molecule has 0 saturated carbocycles. The number of pyridine rings is 1. The molecule has 8 rings (SSSR count). The van der Waals surface area contributed by atoms with E-state index in [1.807, 2.05) is 13.1 Å². The highest BCUT2D eigenvalue weighted by Gasteiger charge is 2.41. The molecule has 0 aliphatic carbocycles. The van der Waals surface area contributed by atoms with Crippen LogP contribution in [-0.2, 0) is 12.8 Å². The number of amides is 2. The number of rotatable bonds is 8. The number of fused-ring (bicyclic) bond motifs is 2. The van der Waals surface area contributed by atoms with Gasteiger partial charge in [-0.2, -0.15) is 0 Å². The lowest BCUT2D eigenvalue weighted by Gasteiger charge is -2.37. The van der Waals surface area contributed by atoms with E-state index in [2.05, 4.69) is 36.1 Å². The van der Waals surface area contributed by atoms with E-state index in [0.717, 1.165) is 64.0 Å². The molecule has 244 valence electrons. The molecule has 2 amide bonds. The summed E-state index contributed by atoms with van der Waals surface area (Å²) in [5.74, 6) is 0.542. The van der Waals surface area contributed by atoms with Gasteiger partial charge in [-0.25, -0.2) is 4.98 Å². The predicted molar refractivity (Wildman–Crippen MR) is 178 cm³/mol. The van der Waals surface area contributed by atoms with Gasteiger partial charge in [0.15, 0.2) is 0 Å². The van der Waals surface area contributed by atoms with Crippen LogP contribution >= 0.6 is 0 Å². The summed E-state index contributed by atoms with van der Waals surface area (Å²) >= 11 is 0. The van der Waals surface area contributed by atoms with Gasteiger partial charge in [-0.1, -0.05) is 6.07 Å². The van der Waals surface area contributed by atoms with Crippen molar-refractivity contribution in [2.75, 3.05) is 56.6 Å². The number of carbonyl (C=O) groups excluding carboxylic acids is 2. The van der Waals surface area contributed by atoms with Gasteiger partial charge >= 0.3 is 0 Å². The summed E-state index contributed by atoms with van der Waals surface area (Å²) in [5.41, 5.74) is 6.04. The molecule has 0 spiro atoms. The average molecular weight is 638 g/mol. The number of aryl methyl sites for hydroxylation is 1. The maximum Gasteiger partial charge on any atom is 0.261 e. The molecule has 1 saturated heterocycles. The number of nitrogens with one attached hydrogen (secondary N) is 3. The standard InChI is InChI=1S/C35H39N7O5/c1-40-14-9-21(10-15-40)42-34(45)24-16-27-28(17-25(24)35(42)46)39-32(38-27)30-26(8-11-36-33(30)44)37-18-22(43)19-47-29-7-6-20-4-2-12-41-13-3-5-23(29)31(20)41/h6-8,11,16-17,21-22,43H,2-5,9-10,12-15,18-19H2,1H3,(H,38,39)(H2,36,37,44)/t22-/m1/s1. The number of nitrogens with zero attached hydrogens (tertiary/aromatic N) is 4. The van der Waals surface area contributed by atoms with Crippen molar-refractivity contribution < 1.29 is 19.4 Å². The summed E-state index contributed by atoms with van der Waals surface area (Å²) in [6.45, 7) is 4.08. The van der Waals surface area contributed by atoms with E-state index in [1.54, 1.807) is 18.2 Å². The summed E-state index contributed by atoms with van der Waals surface area (Å²) in [7, 11) is 2.04. The normalized spacial score (nSPS) is 18.9. The highest BCUT2D eigenvalue weighted by molar-refractivity contribution is 6.23. The van der Waals surface area contributed by atoms with Crippen molar-refractivity contribution >= 4 is 34.2 Å². The summed E-state index contributed by atoms with van der Waals surface area (Å²) in [5, 5.41) is 14.1. The number of aliphatic hydroxyl groups excluding tert-OH is 1. The Hall–Kier alpha value is -4.68. The number of piperidine rings is 1. The Balaban J connectivity index is 0.982. The maximum atomic E-state index is 13.4. The van der Waals surface area contributed by atoms with Crippen molar-refractivity contribution in [3.63, 3.8) is 0 Å². The van der Waals surface area contributed by atoms with Gasteiger partial charge < -0.3 is 34.9 Å². The molecule has 4 aliphatic heterocycles. The van der Waals surface area contributed by atoms with E-state index < -0.39 is 6.10 Å². The van der Waals surface area contributed by atoms with E-state index in [-0.39, 0.29) is 42.1 Å². The van der Waals surface area contributed by atoms with Crippen molar-refractivity contribution in [3.05, 3.63) is 69.1 Å². The SMILES string of the molecule is CN1CCC(N2C(=O)c3cc4nc(-c5c(NC[C@@H](O)COc6ccc7c8c6CCCN8CCC7)cc[nH]c5=O)[nH]c4cc3C2=O)CC1. The molecule has 47 heavy (non-hydrogen) atoms. The molecule has 1 atom stereocenters. The molecule has 12 heteroatoms. The van der Waals surface area contributed by atoms with Crippen LogP contribution in [-0.4, -0.2) is 100 Å². The van der Waals surface area contributed by atoms with Gasteiger partial charge in [-0.3, -0.25) is 19.3 Å². The number of aromatic amines is 2. The van der Waals surface area contributed by atoms with Crippen LogP contribution in [0.4, 0.5) is 11.4 Å². The molecule has 0 bridgehead atoms. The van der Waals surface area contributed by atoms with Crippen molar-refractivity contribution in [1.82, 2.24) is 24.8 Å². The Kier molecular flexibility index (Phi) is 7.48. The van der Waals surface area contributed by atoms with Crippen LogP contribution < -0.4 is 20.5 Å². The maximum absolute atomic E-state index is 13.4. The number of benzene rings is 2.